The maximum Gasteiger partial charge on any atom is 0.246 e. The van der Waals surface area contributed by atoms with E-state index in [2.05, 4.69) is 35.3 Å². The van der Waals surface area contributed by atoms with Crippen LogP contribution < -0.4 is 15.1 Å². The van der Waals surface area contributed by atoms with Gasteiger partial charge < -0.3 is 15.1 Å². The lowest BCUT2D eigenvalue weighted by atomic mass is 9.71. The number of amides is 1. The zero-order valence-corrected chi connectivity index (χ0v) is 12.1. The number of carbonyl (C=O) groups excluding carboxylic acids is 1. The number of rotatable bonds is 1. The van der Waals surface area contributed by atoms with Crippen molar-refractivity contribution in [3.8, 4) is 0 Å². The topological polar surface area (TPSA) is 35.6 Å². The number of para-hydroxylation sites is 1. The number of hydrogen-bond acceptors (Lipinski definition) is 3. The van der Waals surface area contributed by atoms with Gasteiger partial charge in [0, 0.05) is 25.0 Å². The minimum atomic E-state index is 0.176. The van der Waals surface area contributed by atoms with Gasteiger partial charge in [-0.2, -0.15) is 0 Å². The smallest absolute Gasteiger partial charge is 0.246 e. The summed E-state index contributed by atoms with van der Waals surface area (Å²) >= 11 is 0. The van der Waals surface area contributed by atoms with E-state index in [-0.39, 0.29) is 11.3 Å². The molecule has 1 aromatic rings. The molecule has 4 heteroatoms. The van der Waals surface area contributed by atoms with Crippen LogP contribution in [0.3, 0.4) is 0 Å². The minimum absolute atomic E-state index is 0.176. The van der Waals surface area contributed by atoms with Crippen molar-refractivity contribution < 1.29 is 4.79 Å². The molecule has 3 aliphatic heterocycles. The maximum atomic E-state index is 12.3. The summed E-state index contributed by atoms with van der Waals surface area (Å²) in [5, 5.41) is 3.57. The Balaban J connectivity index is 1.97. The first-order valence-electron chi connectivity index (χ1n) is 7.56. The predicted octanol–water partition coefficient (Wildman–Crippen LogP) is 1.49. The highest BCUT2D eigenvalue weighted by Gasteiger charge is 2.53. The third-order valence-corrected chi connectivity index (χ3v) is 5.56. The van der Waals surface area contributed by atoms with Gasteiger partial charge in [0.2, 0.25) is 5.91 Å². The second-order valence-corrected chi connectivity index (χ2v) is 6.24. The van der Waals surface area contributed by atoms with Gasteiger partial charge in [-0.3, -0.25) is 4.79 Å². The summed E-state index contributed by atoms with van der Waals surface area (Å²) in [5.41, 5.74) is 4.01. The van der Waals surface area contributed by atoms with Crippen molar-refractivity contribution in [2.24, 2.45) is 0 Å². The Morgan fingerprint density at radius 1 is 1.45 bits per heavy atom. The molecule has 1 saturated heterocycles. The van der Waals surface area contributed by atoms with E-state index in [1.807, 2.05) is 11.9 Å². The van der Waals surface area contributed by atoms with Crippen LogP contribution in [0.5, 0.6) is 0 Å². The molecule has 1 aromatic carbocycles. The molecular weight excluding hydrogens is 250 g/mol. The lowest BCUT2D eigenvalue weighted by Gasteiger charge is -2.43. The van der Waals surface area contributed by atoms with Crippen molar-refractivity contribution in [3.63, 3.8) is 0 Å². The van der Waals surface area contributed by atoms with Gasteiger partial charge in [-0.15, -0.1) is 0 Å². The second-order valence-electron chi connectivity index (χ2n) is 6.24. The Labute approximate surface area is 119 Å². The van der Waals surface area contributed by atoms with Crippen LogP contribution in [-0.2, 0) is 10.2 Å². The molecular formula is C16H21N3O. The lowest BCUT2D eigenvalue weighted by molar-refractivity contribution is -0.117. The molecule has 4 rings (SSSR count). The van der Waals surface area contributed by atoms with Crippen LogP contribution in [0, 0.1) is 0 Å². The molecule has 106 valence electrons. The number of hydrogen-bond donors (Lipinski definition) is 1. The van der Waals surface area contributed by atoms with Crippen molar-refractivity contribution in [2.45, 2.75) is 31.2 Å². The van der Waals surface area contributed by atoms with Crippen LogP contribution in [0.2, 0.25) is 0 Å². The molecule has 1 N–H and O–H groups in total. The van der Waals surface area contributed by atoms with Crippen LogP contribution in [-0.4, -0.2) is 38.6 Å². The van der Waals surface area contributed by atoms with Crippen LogP contribution in [0.4, 0.5) is 11.4 Å². The number of piperidine rings is 1. The predicted molar refractivity (Wildman–Crippen MR) is 80.4 cm³/mol. The molecule has 1 amide bonds. The summed E-state index contributed by atoms with van der Waals surface area (Å²) in [4.78, 5) is 16.5. The van der Waals surface area contributed by atoms with Crippen molar-refractivity contribution in [1.29, 1.82) is 0 Å². The van der Waals surface area contributed by atoms with E-state index in [9.17, 15) is 4.79 Å². The maximum absolute atomic E-state index is 12.3. The molecule has 1 fully saturated rings. The van der Waals surface area contributed by atoms with Gasteiger partial charge in [0.05, 0.1) is 17.9 Å². The van der Waals surface area contributed by atoms with Gasteiger partial charge in [0.25, 0.3) is 0 Å². The second kappa shape index (κ2) is 3.98. The summed E-state index contributed by atoms with van der Waals surface area (Å²) < 4.78 is 0. The van der Waals surface area contributed by atoms with E-state index in [0.717, 1.165) is 31.6 Å². The highest BCUT2D eigenvalue weighted by molar-refractivity contribution is 6.04. The van der Waals surface area contributed by atoms with Gasteiger partial charge in [-0.1, -0.05) is 19.1 Å². The summed E-state index contributed by atoms with van der Waals surface area (Å²) in [6, 6.07) is 6.93. The monoisotopic (exact) mass is 271 g/mol. The first-order valence-corrected chi connectivity index (χ1v) is 7.56. The first kappa shape index (κ1) is 12.2. The Morgan fingerprint density at radius 2 is 2.30 bits per heavy atom. The summed E-state index contributed by atoms with van der Waals surface area (Å²) in [7, 11) is 1.90. The minimum Gasteiger partial charge on any atom is -0.356 e. The molecule has 2 unspecified atom stereocenters. The van der Waals surface area contributed by atoms with Crippen LogP contribution in [0.1, 0.15) is 25.3 Å². The number of nitrogens with one attached hydrogen (secondary N) is 1. The number of anilines is 2. The van der Waals surface area contributed by atoms with Gasteiger partial charge in [-0.25, -0.2) is 0 Å². The molecule has 4 nitrogen and oxygen atoms in total. The zero-order valence-electron chi connectivity index (χ0n) is 12.1. The standard InChI is InChI=1S/C16H21N3O/c1-3-16-10-17-8-7-13(16)19-9-14(20)18(2)12-6-4-5-11(16)15(12)19/h4-6,13,17H,3,7-10H2,1-2H3. The molecule has 0 aliphatic carbocycles. The molecule has 3 aliphatic rings. The number of carbonyl (C=O) groups is 1. The quantitative estimate of drug-likeness (QED) is 0.840. The Bertz CT molecular complexity index is 585. The fraction of sp³-hybridized carbons (Fsp3) is 0.562. The van der Waals surface area contributed by atoms with E-state index in [0.29, 0.717) is 12.6 Å². The number of benzene rings is 1. The molecule has 0 radical (unpaired) electrons. The van der Waals surface area contributed by atoms with Crippen LogP contribution >= 0.6 is 0 Å². The molecule has 3 heterocycles. The van der Waals surface area contributed by atoms with Crippen molar-refractivity contribution in [3.05, 3.63) is 23.8 Å². The number of likely N-dealkylation sites (N-methyl/N-ethyl adjacent to an activating group) is 1. The largest absolute Gasteiger partial charge is 0.356 e. The average molecular weight is 271 g/mol. The SMILES string of the molecule is CCC12CNCCC1N1CC(=O)N(C)c3cccc2c31. The highest BCUT2D eigenvalue weighted by atomic mass is 16.2. The van der Waals surface area contributed by atoms with Crippen LogP contribution in [0.25, 0.3) is 0 Å². The van der Waals surface area contributed by atoms with Gasteiger partial charge in [0.1, 0.15) is 0 Å². The Morgan fingerprint density at radius 3 is 3.10 bits per heavy atom. The summed E-state index contributed by atoms with van der Waals surface area (Å²) in [6.45, 7) is 4.89. The third-order valence-electron chi connectivity index (χ3n) is 5.56. The van der Waals surface area contributed by atoms with Crippen molar-refractivity contribution in [2.75, 3.05) is 36.5 Å². The lowest BCUT2D eigenvalue weighted by Crippen LogP contribution is -2.57. The Hall–Kier alpha value is -1.55. The molecule has 0 spiro atoms. The fourth-order valence-corrected chi connectivity index (χ4v) is 4.46. The van der Waals surface area contributed by atoms with Crippen molar-refractivity contribution in [1.82, 2.24) is 5.32 Å². The molecule has 0 aromatic heterocycles. The van der Waals surface area contributed by atoms with Gasteiger partial charge >= 0.3 is 0 Å². The highest BCUT2D eigenvalue weighted by Crippen LogP contribution is 2.54. The van der Waals surface area contributed by atoms with E-state index in [1.54, 1.807) is 0 Å². The number of fused-ring (bicyclic) bond motifs is 3. The van der Waals surface area contributed by atoms with E-state index in [1.165, 1.54) is 11.3 Å². The van der Waals surface area contributed by atoms with Gasteiger partial charge in [-0.05, 0) is 31.0 Å². The van der Waals surface area contributed by atoms with Crippen LogP contribution in [0.15, 0.2) is 18.2 Å². The number of nitrogens with zero attached hydrogens (tertiary/aromatic N) is 2. The zero-order chi connectivity index (χ0) is 13.9. The summed E-state index contributed by atoms with van der Waals surface area (Å²) in [5.74, 6) is 0.208. The third kappa shape index (κ3) is 1.28. The molecule has 2 atom stereocenters. The fourth-order valence-electron chi connectivity index (χ4n) is 4.46. The van der Waals surface area contributed by atoms with E-state index < -0.39 is 0 Å². The summed E-state index contributed by atoms with van der Waals surface area (Å²) in [6.07, 6.45) is 2.24. The first-order chi connectivity index (χ1) is 9.69. The van der Waals surface area contributed by atoms with Crippen molar-refractivity contribution >= 4 is 17.3 Å². The molecule has 20 heavy (non-hydrogen) atoms. The van der Waals surface area contributed by atoms with E-state index >= 15 is 0 Å². The molecule has 0 saturated carbocycles. The Kier molecular flexibility index (Phi) is 2.43. The average Bonchev–Trinajstić information content (AvgIpc) is 2.77. The molecule has 0 bridgehead atoms. The van der Waals surface area contributed by atoms with Gasteiger partial charge in [0.15, 0.2) is 0 Å². The van der Waals surface area contributed by atoms with E-state index in [4.69, 9.17) is 0 Å². The normalized spacial score (nSPS) is 31.3.